The third-order valence-electron chi connectivity index (χ3n) is 2.16. The summed E-state index contributed by atoms with van der Waals surface area (Å²) in [5, 5.41) is 4.43. The van der Waals surface area contributed by atoms with E-state index in [2.05, 4.69) is 10.3 Å². The van der Waals surface area contributed by atoms with E-state index in [1.165, 1.54) is 5.41 Å². The third-order valence-corrected chi connectivity index (χ3v) is 3.56. The Morgan fingerprint density at radius 2 is 2.43 bits per heavy atom. The zero-order chi connectivity index (χ0) is 10.0. The number of nitrogens with one attached hydrogen (secondary N) is 2. The molecule has 1 aromatic heterocycles. The molecule has 2 heterocycles. The predicted molar refractivity (Wildman–Crippen MR) is 54.3 cm³/mol. The SMILES string of the molecule is O=S1(=O)C=CC(NCc2cc[nH]c2)C1. The van der Waals surface area contributed by atoms with Crippen molar-refractivity contribution in [3.63, 3.8) is 0 Å². The Morgan fingerprint density at radius 3 is 3.00 bits per heavy atom. The second-order valence-corrected chi connectivity index (χ2v) is 5.30. The molecule has 0 fully saturated rings. The zero-order valence-electron chi connectivity index (χ0n) is 7.60. The molecule has 1 unspecified atom stereocenters. The summed E-state index contributed by atoms with van der Waals surface area (Å²) in [4.78, 5) is 2.95. The van der Waals surface area contributed by atoms with E-state index in [4.69, 9.17) is 0 Å². The van der Waals surface area contributed by atoms with Gasteiger partial charge in [-0.1, -0.05) is 6.08 Å². The number of aromatic amines is 1. The molecule has 4 nitrogen and oxygen atoms in total. The molecule has 0 saturated carbocycles. The lowest BCUT2D eigenvalue weighted by molar-refractivity contribution is 0.590. The topological polar surface area (TPSA) is 62.0 Å². The van der Waals surface area contributed by atoms with Crippen LogP contribution in [0.1, 0.15) is 5.56 Å². The van der Waals surface area contributed by atoms with Gasteiger partial charge in [-0.2, -0.15) is 0 Å². The predicted octanol–water partition coefficient (Wildman–Crippen LogP) is 0.415. The number of hydrogen-bond acceptors (Lipinski definition) is 3. The maximum Gasteiger partial charge on any atom is 0.173 e. The Hall–Kier alpha value is -1.07. The summed E-state index contributed by atoms with van der Waals surface area (Å²) in [6.45, 7) is 0.689. The summed E-state index contributed by atoms with van der Waals surface area (Å²) in [7, 11) is -2.94. The van der Waals surface area contributed by atoms with Gasteiger partial charge in [0.15, 0.2) is 9.84 Å². The first-order valence-electron chi connectivity index (χ1n) is 4.42. The van der Waals surface area contributed by atoms with Gasteiger partial charge >= 0.3 is 0 Å². The van der Waals surface area contributed by atoms with Gasteiger partial charge in [0.05, 0.1) is 5.75 Å². The Balaban J connectivity index is 1.87. The van der Waals surface area contributed by atoms with E-state index in [1.807, 2.05) is 18.5 Å². The smallest absolute Gasteiger partial charge is 0.173 e. The minimum atomic E-state index is -2.94. The average molecular weight is 212 g/mol. The molecule has 2 N–H and O–H groups in total. The number of H-pyrrole nitrogens is 1. The molecule has 0 radical (unpaired) electrons. The Kier molecular flexibility index (Phi) is 2.43. The van der Waals surface area contributed by atoms with Crippen molar-refractivity contribution in [1.82, 2.24) is 10.3 Å². The molecular weight excluding hydrogens is 200 g/mol. The van der Waals surface area contributed by atoms with Crippen LogP contribution in [0.5, 0.6) is 0 Å². The normalized spacial score (nSPS) is 24.1. The van der Waals surface area contributed by atoms with Crippen LogP contribution in [-0.4, -0.2) is 25.2 Å². The second-order valence-electron chi connectivity index (χ2n) is 3.36. The van der Waals surface area contributed by atoms with Crippen molar-refractivity contribution >= 4 is 9.84 Å². The van der Waals surface area contributed by atoms with Crippen molar-refractivity contribution in [3.05, 3.63) is 35.5 Å². The lowest BCUT2D eigenvalue weighted by Crippen LogP contribution is -2.29. The maximum atomic E-state index is 11.1. The molecule has 1 aromatic rings. The molecule has 0 aromatic carbocycles. The van der Waals surface area contributed by atoms with Crippen molar-refractivity contribution in [2.45, 2.75) is 12.6 Å². The molecule has 2 rings (SSSR count). The molecule has 76 valence electrons. The van der Waals surface area contributed by atoms with Gasteiger partial charge in [0, 0.05) is 30.4 Å². The molecule has 0 amide bonds. The van der Waals surface area contributed by atoms with Crippen LogP contribution >= 0.6 is 0 Å². The largest absolute Gasteiger partial charge is 0.367 e. The van der Waals surface area contributed by atoms with Crippen molar-refractivity contribution < 1.29 is 8.42 Å². The molecule has 1 aliphatic rings. The summed E-state index contributed by atoms with van der Waals surface area (Å²) in [5.41, 5.74) is 1.13. The first kappa shape index (κ1) is 9.48. The highest BCUT2D eigenvalue weighted by Gasteiger charge is 2.20. The highest BCUT2D eigenvalue weighted by Crippen LogP contribution is 2.08. The fraction of sp³-hybridized carbons (Fsp3) is 0.333. The quantitative estimate of drug-likeness (QED) is 0.763. The third kappa shape index (κ3) is 2.24. The van der Waals surface area contributed by atoms with Gasteiger partial charge in [-0.25, -0.2) is 8.42 Å². The van der Waals surface area contributed by atoms with E-state index in [1.54, 1.807) is 6.08 Å². The van der Waals surface area contributed by atoms with E-state index >= 15 is 0 Å². The van der Waals surface area contributed by atoms with Crippen LogP contribution in [0.25, 0.3) is 0 Å². The van der Waals surface area contributed by atoms with Gasteiger partial charge < -0.3 is 10.3 Å². The van der Waals surface area contributed by atoms with Crippen LogP contribution in [0.2, 0.25) is 0 Å². The summed E-state index contributed by atoms with van der Waals surface area (Å²) < 4.78 is 22.1. The van der Waals surface area contributed by atoms with Crippen LogP contribution in [-0.2, 0) is 16.4 Å². The average Bonchev–Trinajstić information content (AvgIpc) is 2.70. The van der Waals surface area contributed by atoms with E-state index in [-0.39, 0.29) is 11.8 Å². The molecule has 0 aliphatic carbocycles. The second kappa shape index (κ2) is 3.59. The minimum Gasteiger partial charge on any atom is -0.367 e. The summed E-state index contributed by atoms with van der Waals surface area (Å²) in [6.07, 6.45) is 5.43. The van der Waals surface area contributed by atoms with Crippen molar-refractivity contribution in [1.29, 1.82) is 0 Å². The lowest BCUT2D eigenvalue weighted by atomic mass is 10.3. The summed E-state index contributed by atoms with van der Waals surface area (Å²) in [6, 6.07) is 1.91. The van der Waals surface area contributed by atoms with E-state index in [0.717, 1.165) is 5.56 Å². The van der Waals surface area contributed by atoms with Crippen molar-refractivity contribution in [2.75, 3.05) is 5.75 Å². The molecule has 5 heteroatoms. The summed E-state index contributed by atoms with van der Waals surface area (Å²) >= 11 is 0. The van der Waals surface area contributed by atoms with Crippen LogP contribution in [0.4, 0.5) is 0 Å². The van der Waals surface area contributed by atoms with E-state index in [0.29, 0.717) is 6.54 Å². The minimum absolute atomic E-state index is 0.0464. The Morgan fingerprint density at radius 1 is 1.57 bits per heavy atom. The summed E-state index contributed by atoms with van der Waals surface area (Å²) in [5.74, 6) is 0.178. The van der Waals surface area contributed by atoms with Crippen molar-refractivity contribution in [2.24, 2.45) is 0 Å². The molecular formula is C9H12N2O2S. The highest BCUT2D eigenvalue weighted by molar-refractivity contribution is 7.94. The van der Waals surface area contributed by atoms with Crippen LogP contribution in [0.15, 0.2) is 29.9 Å². The van der Waals surface area contributed by atoms with Gasteiger partial charge in [0.25, 0.3) is 0 Å². The number of sulfone groups is 1. The Bertz CT molecular complexity index is 420. The van der Waals surface area contributed by atoms with E-state index < -0.39 is 9.84 Å². The number of aromatic nitrogens is 1. The van der Waals surface area contributed by atoms with Crippen LogP contribution in [0, 0.1) is 0 Å². The standard InChI is InChI=1S/C9H12N2O2S/c12-14(13)4-2-9(7-14)11-6-8-1-3-10-5-8/h1-5,9-11H,6-7H2. The number of rotatable bonds is 3. The molecule has 1 atom stereocenters. The number of hydrogen-bond donors (Lipinski definition) is 2. The zero-order valence-corrected chi connectivity index (χ0v) is 8.42. The van der Waals surface area contributed by atoms with Gasteiger partial charge in [-0.05, 0) is 11.6 Å². The van der Waals surface area contributed by atoms with Gasteiger partial charge in [-0.15, -0.1) is 0 Å². The Labute approximate surface area is 82.9 Å². The first-order valence-corrected chi connectivity index (χ1v) is 6.13. The maximum absolute atomic E-state index is 11.1. The molecule has 1 aliphatic heterocycles. The molecule has 14 heavy (non-hydrogen) atoms. The fourth-order valence-corrected chi connectivity index (χ4v) is 2.69. The van der Waals surface area contributed by atoms with Crippen LogP contribution in [0.3, 0.4) is 0 Å². The molecule has 0 spiro atoms. The van der Waals surface area contributed by atoms with Crippen LogP contribution < -0.4 is 5.32 Å². The fourth-order valence-electron chi connectivity index (χ4n) is 1.42. The molecule has 0 saturated heterocycles. The highest BCUT2D eigenvalue weighted by atomic mass is 32.2. The monoisotopic (exact) mass is 212 g/mol. The lowest BCUT2D eigenvalue weighted by Gasteiger charge is -2.07. The van der Waals surface area contributed by atoms with Gasteiger partial charge in [0.1, 0.15) is 0 Å². The van der Waals surface area contributed by atoms with Crippen molar-refractivity contribution in [3.8, 4) is 0 Å². The van der Waals surface area contributed by atoms with Gasteiger partial charge in [-0.3, -0.25) is 0 Å². The van der Waals surface area contributed by atoms with E-state index in [9.17, 15) is 8.42 Å². The van der Waals surface area contributed by atoms with Gasteiger partial charge in [0.2, 0.25) is 0 Å². The first-order chi connectivity index (χ1) is 6.66. The molecule has 0 bridgehead atoms.